The Hall–Kier alpha value is -1.64. The lowest BCUT2D eigenvalue weighted by Gasteiger charge is -2.16. The highest BCUT2D eigenvalue weighted by atomic mass is 32.1. The van der Waals surface area contributed by atoms with E-state index in [-0.39, 0.29) is 6.04 Å². The van der Waals surface area contributed by atoms with Crippen LogP contribution in [-0.2, 0) is 4.74 Å². The number of aromatic nitrogens is 2. The first kappa shape index (κ1) is 12.8. The smallest absolute Gasteiger partial charge is 0.178 e. The van der Waals surface area contributed by atoms with Gasteiger partial charge in [0.25, 0.3) is 0 Å². The Labute approximate surface area is 111 Å². The molecule has 1 aromatic heterocycles. The summed E-state index contributed by atoms with van der Waals surface area (Å²) in [6.07, 6.45) is 0.923. The van der Waals surface area contributed by atoms with Crippen LogP contribution in [0.5, 0.6) is 0 Å². The van der Waals surface area contributed by atoms with E-state index in [1.165, 1.54) is 0 Å². The van der Waals surface area contributed by atoms with Crippen LogP contribution in [0.1, 0.15) is 24.9 Å². The Morgan fingerprint density at radius 2 is 2.33 bits per heavy atom. The molecule has 0 radical (unpaired) electrons. The normalized spacial score (nSPS) is 12.5. The van der Waals surface area contributed by atoms with Crippen molar-refractivity contribution >= 4 is 23.3 Å². The Morgan fingerprint density at radius 1 is 1.56 bits per heavy atom. The number of hydrogen-bond acceptors (Lipinski definition) is 3. The highest BCUT2D eigenvalue weighted by molar-refractivity contribution is 7.71. The van der Waals surface area contributed by atoms with Crippen molar-refractivity contribution in [3.8, 4) is 6.07 Å². The van der Waals surface area contributed by atoms with Crippen molar-refractivity contribution in [2.45, 2.75) is 19.4 Å². The van der Waals surface area contributed by atoms with Crippen molar-refractivity contribution in [1.82, 2.24) is 9.55 Å². The fraction of sp³-hybridized carbons (Fsp3) is 0.385. The van der Waals surface area contributed by atoms with Gasteiger partial charge >= 0.3 is 0 Å². The van der Waals surface area contributed by atoms with E-state index in [0.29, 0.717) is 16.9 Å². The van der Waals surface area contributed by atoms with Crippen molar-refractivity contribution in [3.63, 3.8) is 0 Å². The van der Waals surface area contributed by atoms with Crippen LogP contribution in [0.15, 0.2) is 18.2 Å². The molecule has 1 aromatic carbocycles. The maximum absolute atomic E-state index is 9.10. The molecule has 1 unspecified atom stereocenters. The van der Waals surface area contributed by atoms with E-state index in [4.69, 9.17) is 22.2 Å². The highest BCUT2D eigenvalue weighted by Gasteiger charge is 2.15. The lowest BCUT2D eigenvalue weighted by Crippen LogP contribution is -2.13. The topological polar surface area (TPSA) is 53.7 Å². The summed E-state index contributed by atoms with van der Waals surface area (Å²) in [5.41, 5.74) is 2.38. The molecule has 0 saturated heterocycles. The van der Waals surface area contributed by atoms with Gasteiger partial charge in [-0.05, 0) is 30.8 Å². The van der Waals surface area contributed by atoms with Crippen LogP contribution in [0.3, 0.4) is 0 Å². The van der Waals surface area contributed by atoms with Crippen molar-refractivity contribution in [3.05, 3.63) is 28.5 Å². The number of methoxy groups -OCH3 is 1. The first-order valence-electron chi connectivity index (χ1n) is 5.85. The minimum absolute atomic E-state index is 0.185. The zero-order valence-electron chi connectivity index (χ0n) is 10.4. The molecule has 0 amide bonds. The summed E-state index contributed by atoms with van der Waals surface area (Å²) in [6.45, 7) is 2.70. The maximum atomic E-state index is 9.10. The van der Waals surface area contributed by atoms with E-state index in [2.05, 4.69) is 18.0 Å². The summed E-state index contributed by atoms with van der Waals surface area (Å²) in [5, 5.41) is 9.10. The predicted octanol–water partition coefficient (Wildman–Crippen LogP) is 3.17. The predicted molar refractivity (Wildman–Crippen MR) is 73.0 cm³/mol. The van der Waals surface area contributed by atoms with Gasteiger partial charge in [0, 0.05) is 7.11 Å². The maximum Gasteiger partial charge on any atom is 0.178 e. The highest BCUT2D eigenvalue weighted by Crippen LogP contribution is 2.23. The van der Waals surface area contributed by atoms with Crippen molar-refractivity contribution in [2.24, 2.45) is 0 Å². The Balaban J connectivity index is 2.68. The molecule has 0 fully saturated rings. The third-order valence-corrected chi connectivity index (χ3v) is 3.37. The zero-order valence-corrected chi connectivity index (χ0v) is 11.3. The molecular weight excluding hydrogens is 246 g/mol. The van der Waals surface area contributed by atoms with E-state index in [9.17, 15) is 0 Å². The first-order chi connectivity index (χ1) is 8.72. The molecule has 0 bridgehead atoms. The van der Waals surface area contributed by atoms with Gasteiger partial charge in [-0.25, -0.2) is 0 Å². The molecule has 1 N–H and O–H groups in total. The van der Waals surface area contributed by atoms with E-state index in [1.807, 2.05) is 16.7 Å². The molecule has 2 aromatic rings. The summed E-state index contributed by atoms with van der Waals surface area (Å²) in [4.78, 5) is 3.12. The third-order valence-electron chi connectivity index (χ3n) is 3.07. The Morgan fingerprint density at radius 3 is 2.94 bits per heavy atom. The molecule has 18 heavy (non-hydrogen) atoms. The molecule has 0 aliphatic heterocycles. The number of nitrogens with one attached hydrogen (secondary N) is 1. The van der Waals surface area contributed by atoms with Crippen molar-refractivity contribution in [2.75, 3.05) is 13.7 Å². The largest absolute Gasteiger partial charge is 0.383 e. The van der Waals surface area contributed by atoms with E-state index in [1.54, 1.807) is 13.2 Å². The van der Waals surface area contributed by atoms with Crippen LogP contribution in [0.2, 0.25) is 0 Å². The quantitative estimate of drug-likeness (QED) is 0.860. The van der Waals surface area contributed by atoms with Crippen LogP contribution < -0.4 is 0 Å². The van der Waals surface area contributed by atoms with Crippen LogP contribution in [0.25, 0.3) is 11.0 Å². The number of ether oxygens (including phenoxy) is 1. The van der Waals surface area contributed by atoms with Gasteiger partial charge in [0.2, 0.25) is 0 Å². The number of fused-ring (bicyclic) bond motifs is 1. The molecule has 94 valence electrons. The average molecular weight is 261 g/mol. The van der Waals surface area contributed by atoms with Gasteiger partial charge in [-0.1, -0.05) is 13.0 Å². The van der Waals surface area contributed by atoms with Gasteiger partial charge in [0.05, 0.1) is 29.2 Å². The number of benzene rings is 1. The second-order valence-corrected chi connectivity index (χ2v) is 4.52. The number of aromatic amines is 1. The molecule has 2 rings (SSSR count). The molecule has 0 aliphatic rings. The summed E-state index contributed by atoms with van der Waals surface area (Å²) in [5.74, 6) is 0. The van der Waals surface area contributed by atoms with Crippen molar-refractivity contribution in [1.29, 1.82) is 5.26 Å². The Bertz CT molecular complexity index is 650. The second kappa shape index (κ2) is 5.34. The van der Waals surface area contributed by atoms with Gasteiger partial charge in [-0.2, -0.15) is 5.26 Å². The summed E-state index contributed by atoms with van der Waals surface area (Å²) < 4.78 is 7.91. The van der Waals surface area contributed by atoms with E-state index < -0.39 is 0 Å². The molecule has 0 aliphatic carbocycles. The molecule has 4 nitrogen and oxygen atoms in total. The molecule has 0 saturated carbocycles. The number of hydrogen-bond donors (Lipinski definition) is 1. The number of rotatable bonds is 4. The van der Waals surface area contributed by atoms with Gasteiger partial charge < -0.3 is 14.3 Å². The number of nitrogens with zero attached hydrogens (tertiary/aromatic N) is 2. The SMILES string of the molecule is CCC(COC)n1c(=S)[nH]c2c(C#N)cccc21. The molecular formula is C13H15N3OS. The summed E-state index contributed by atoms with van der Waals surface area (Å²) in [6, 6.07) is 8.00. The van der Waals surface area contributed by atoms with Crippen LogP contribution >= 0.6 is 12.2 Å². The zero-order chi connectivity index (χ0) is 13.1. The van der Waals surface area contributed by atoms with E-state index in [0.717, 1.165) is 17.5 Å². The van der Waals surface area contributed by atoms with Gasteiger partial charge in [-0.15, -0.1) is 0 Å². The van der Waals surface area contributed by atoms with Gasteiger partial charge in [0.1, 0.15) is 6.07 Å². The Kier molecular flexibility index (Phi) is 3.80. The lowest BCUT2D eigenvalue weighted by atomic mass is 10.2. The third kappa shape index (κ3) is 2.05. The summed E-state index contributed by atoms with van der Waals surface area (Å²) in [7, 11) is 1.68. The summed E-state index contributed by atoms with van der Waals surface area (Å²) >= 11 is 5.36. The molecule has 0 spiro atoms. The second-order valence-electron chi connectivity index (χ2n) is 4.13. The number of H-pyrrole nitrogens is 1. The molecule has 5 heteroatoms. The minimum Gasteiger partial charge on any atom is -0.383 e. The standard InChI is InChI=1S/C13H15N3OS/c1-3-10(8-17-2)16-11-6-4-5-9(7-14)12(11)15-13(16)18/h4-6,10H,3,8H2,1-2H3,(H,15,18). The fourth-order valence-electron chi connectivity index (χ4n) is 2.17. The van der Waals surface area contributed by atoms with Crippen LogP contribution in [-0.4, -0.2) is 23.3 Å². The van der Waals surface area contributed by atoms with Crippen LogP contribution in [0.4, 0.5) is 0 Å². The number of nitriles is 1. The van der Waals surface area contributed by atoms with Gasteiger partial charge in [0.15, 0.2) is 4.77 Å². The van der Waals surface area contributed by atoms with E-state index >= 15 is 0 Å². The first-order valence-corrected chi connectivity index (χ1v) is 6.26. The van der Waals surface area contributed by atoms with Gasteiger partial charge in [-0.3, -0.25) is 0 Å². The number of imidazole rings is 1. The molecule has 1 heterocycles. The van der Waals surface area contributed by atoms with Crippen LogP contribution in [0, 0.1) is 16.1 Å². The lowest BCUT2D eigenvalue weighted by molar-refractivity contribution is 0.154. The number of para-hydroxylation sites is 1. The average Bonchev–Trinajstić information content (AvgIpc) is 2.72. The molecule has 1 atom stereocenters. The monoisotopic (exact) mass is 261 g/mol. The minimum atomic E-state index is 0.185. The van der Waals surface area contributed by atoms with Crippen molar-refractivity contribution < 1.29 is 4.74 Å². The fourth-order valence-corrected chi connectivity index (χ4v) is 2.52.